The van der Waals surface area contributed by atoms with E-state index in [9.17, 15) is 9.59 Å². The molecule has 4 aliphatic carbocycles. The van der Waals surface area contributed by atoms with Crippen LogP contribution in [0.25, 0.3) is 0 Å². The Morgan fingerprint density at radius 1 is 1.16 bits per heavy atom. The van der Waals surface area contributed by atoms with Gasteiger partial charge in [0.05, 0.1) is 0 Å². The van der Waals surface area contributed by atoms with Gasteiger partial charge in [-0.05, 0) is 73.7 Å². The maximum atomic E-state index is 11.9. The smallest absolute Gasteiger partial charge is 0.302 e. The minimum absolute atomic E-state index is 0.0930. The van der Waals surface area contributed by atoms with Crippen LogP contribution in [0, 0.1) is 40.9 Å². The van der Waals surface area contributed by atoms with Crippen molar-refractivity contribution in [1.29, 1.82) is 0 Å². The fraction of sp³-hybridized carbons (Fsp3) is 0.818. The maximum absolute atomic E-state index is 11.9. The molecule has 3 heteroatoms. The van der Waals surface area contributed by atoms with Crippen molar-refractivity contribution in [3.05, 3.63) is 11.6 Å². The van der Waals surface area contributed by atoms with E-state index < -0.39 is 0 Å². The van der Waals surface area contributed by atoms with Gasteiger partial charge < -0.3 is 4.74 Å². The summed E-state index contributed by atoms with van der Waals surface area (Å²) < 4.78 is 5.77. The molecular formula is C22H32O3. The van der Waals surface area contributed by atoms with Crippen LogP contribution in [0.1, 0.15) is 66.2 Å². The van der Waals surface area contributed by atoms with Gasteiger partial charge in [-0.3, -0.25) is 9.59 Å². The fourth-order valence-electron chi connectivity index (χ4n) is 7.48. The van der Waals surface area contributed by atoms with Crippen LogP contribution in [0.4, 0.5) is 0 Å². The van der Waals surface area contributed by atoms with Crippen LogP contribution >= 0.6 is 0 Å². The number of carbonyl (C=O) groups is 2. The molecule has 0 bridgehead atoms. The van der Waals surface area contributed by atoms with E-state index in [0.29, 0.717) is 41.3 Å². The Bertz CT molecular complexity index is 621. The summed E-state index contributed by atoms with van der Waals surface area (Å²) in [7, 11) is 0. The molecule has 0 saturated heterocycles. The lowest BCUT2D eigenvalue weighted by atomic mass is 9.47. The van der Waals surface area contributed by atoms with Crippen LogP contribution in [-0.2, 0) is 14.3 Å². The summed E-state index contributed by atoms with van der Waals surface area (Å²) in [6.45, 7) is 8.73. The predicted molar refractivity (Wildman–Crippen MR) is 96.7 cm³/mol. The normalized spacial score (nSPS) is 48.9. The average molecular weight is 344 g/mol. The molecule has 4 rings (SSSR count). The zero-order valence-electron chi connectivity index (χ0n) is 16.1. The van der Waals surface area contributed by atoms with Gasteiger partial charge in [0.15, 0.2) is 5.78 Å². The summed E-state index contributed by atoms with van der Waals surface area (Å²) in [5.74, 6) is 4.16. The Morgan fingerprint density at radius 3 is 2.64 bits per heavy atom. The topological polar surface area (TPSA) is 43.4 Å². The first-order chi connectivity index (χ1) is 11.8. The first-order valence-electron chi connectivity index (χ1n) is 10.2. The van der Waals surface area contributed by atoms with Gasteiger partial charge in [-0.1, -0.05) is 26.3 Å². The number of esters is 1. The summed E-state index contributed by atoms with van der Waals surface area (Å²) in [5.41, 5.74) is 1.57. The Morgan fingerprint density at radius 2 is 1.92 bits per heavy atom. The first kappa shape index (κ1) is 17.3. The summed E-state index contributed by atoms with van der Waals surface area (Å²) in [6, 6.07) is 0. The van der Waals surface area contributed by atoms with E-state index in [0.717, 1.165) is 32.1 Å². The number of carbonyl (C=O) groups excluding carboxylic acids is 2. The summed E-state index contributed by atoms with van der Waals surface area (Å²) in [5, 5.41) is 0. The van der Waals surface area contributed by atoms with Crippen LogP contribution in [0.3, 0.4) is 0 Å². The van der Waals surface area contributed by atoms with Gasteiger partial charge in [0.2, 0.25) is 0 Å². The van der Waals surface area contributed by atoms with Crippen LogP contribution in [-0.4, -0.2) is 17.9 Å². The molecule has 25 heavy (non-hydrogen) atoms. The molecule has 3 saturated carbocycles. The van der Waals surface area contributed by atoms with E-state index in [1.54, 1.807) is 6.92 Å². The van der Waals surface area contributed by atoms with Gasteiger partial charge in [0, 0.05) is 18.8 Å². The summed E-state index contributed by atoms with van der Waals surface area (Å²) in [6.07, 6.45) is 8.33. The molecular weight excluding hydrogens is 312 g/mol. The van der Waals surface area contributed by atoms with E-state index >= 15 is 0 Å². The van der Waals surface area contributed by atoms with Gasteiger partial charge in [-0.2, -0.15) is 0 Å². The number of ketones is 1. The van der Waals surface area contributed by atoms with Crippen molar-refractivity contribution in [2.75, 3.05) is 0 Å². The van der Waals surface area contributed by atoms with E-state index in [2.05, 4.69) is 20.8 Å². The van der Waals surface area contributed by atoms with Gasteiger partial charge in [-0.15, -0.1) is 0 Å². The second-order valence-corrected chi connectivity index (χ2v) is 9.64. The predicted octanol–water partition coefficient (Wildman–Crippen LogP) is 4.55. The number of hydrogen-bond donors (Lipinski definition) is 0. The third-order valence-corrected chi connectivity index (χ3v) is 8.16. The zero-order valence-corrected chi connectivity index (χ0v) is 16.1. The fourth-order valence-corrected chi connectivity index (χ4v) is 7.48. The molecule has 0 aliphatic heterocycles. The van der Waals surface area contributed by atoms with Crippen LogP contribution in [0.2, 0.25) is 0 Å². The lowest BCUT2D eigenvalue weighted by molar-refractivity contribution is -0.160. The third kappa shape index (κ3) is 2.61. The highest BCUT2D eigenvalue weighted by Crippen LogP contribution is 2.65. The second-order valence-electron chi connectivity index (χ2n) is 9.64. The molecule has 0 heterocycles. The van der Waals surface area contributed by atoms with Crippen molar-refractivity contribution < 1.29 is 14.3 Å². The van der Waals surface area contributed by atoms with E-state index in [1.165, 1.54) is 12.0 Å². The molecule has 0 aromatic heterocycles. The lowest BCUT2D eigenvalue weighted by Crippen LogP contribution is -2.53. The highest BCUT2D eigenvalue weighted by Gasteiger charge is 2.60. The molecule has 3 nitrogen and oxygen atoms in total. The maximum Gasteiger partial charge on any atom is 0.302 e. The number of fused-ring (bicyclic) bond motifs is 5. The molecule has 4 unspecified atom stereocenters. The van der Waals surface area contributed by atoms with E-state index in [1.807, 2.05) is 6.08 Å². The highest BCUT2D eigenvalue weighted by molar-refractivity contribution is 5.91. The lowest BCUT2D eigenvalue weighted by Gasteiger charge is -2.58. The summed E-state index contributed by atoms with van der Waals surface area (Å²) >= 11 is 0. The third-order valence-electron chi connectivity index (χ3n) is 8.16. The van der Waals surface area contributed by atoms with Crippen molar-refractivity contribution in [3.63, 3.8) is 0 Å². The Kier molecular flexibility index (Phi) is 4.12. The van der Waals surface area contributed by atoms with Gasteiger partial charge >= 0.3 is 5.97 Å². The SMILES string of the molecule is CC(=O)O[C@H]1CCC2C3C(C4CCC(=O)C=C4C[C@H]3C)[C@@H](C)C[C@@]21C. The number of rotatable bonds is 1. The highest BCUT2D eigenvalue weighted by atomic mass is 16.5. The molecule has 0 aromatic rings. The van der Waals surface area contributed by atoms with Crippen molar-refractivity contribution >= 4 is 11.8 Å². The van der Waals surface area contributed by atoms with Gasteiger partial charge in [0.1, 0.15) is 6.10 Å². The monoisotopic (exact) mass is 344 g/mol. The van der Waals surface area contributed by atoms with Crippen LogP contribution < -0.4 is 0 Å². The van der Waals surface area contributed by atoms with Crippen molar-refractivity contribution in [2.45, 2.75) is 72.3 Å². The van der Waals surface area contributed by atoms with Crippen LogP contribution in [0.5, 0.6) is 0 Å². The molecule has 0 aromatic carbocycles. The Balaban J connectivity index is 1.67. The largest absolute Gasteiger partial charge is 0.462 e. The van der Waals surface area contributed by atoms with Crippen molar-refractivity contribution in [2.24, 2.45) is 40.9 Å². The molecule has 3 fully saturated rings. The number of allylic oxidation sites excluding steroid dienone is 1. The van der Waals surface area contributed by atoms with Gasteiger partial charge in [-0.25, -0.2) is 0 Å². The molecule has 0 radical (unpaired) electrons. The molecule has 4 aliphatic rings. The minimum Gasteiger partial charge on any atom is -0.462 e. The summed E-state index contributed by atoms with van der Waals surface area (Å²) in [4.78, 5) is 23.5. The van der Waals surface area contributed by atoms with E-state index in [4.69, 9.17) is 4.74 Å². The Hall–Kier alpha value is -1.12. The number of ether oxygens (including phenoxy) is 1. The minimum atomic E-state index is -0.130. The standard InChI is InChI=1S/C22H32O3/c1-12-9-15-10-16(24)5-6-17(15)20-13(2)11-22(4)18(21(12)20)7-8-19(22)25-14(3)23/h10,12-13,17-21H,5-9,11H2,1-4H3/t12-,13+,17?,18?,19+,20?,21?,22+/m1/s1. The van der Waals surface area contributed by atoms with Crippen LogP contribution in [0.15, 0.2) is 11.6 Å². The molecule has 138 valence electrons. The van der Waals surface area contributed by atoms with Crippen molar-refractivity contribution in [3.8, 4) is 0 Å². The average Bonchev–Trinajstić information content (AvgIpc) is 2.82. The Labute approximate surface area is 151 Å². The molecule has 0 N–H and O–H groups in total. The second kappa shape index (κ2) is 5.96. The van der Waals surface area contributed by atoms with Crippen molar-refractivity contribution in [1.82, 2.24) is 0 Å². The van der Waals surface area contributed by atoms with E-state index in [-0.39, 0.29) is 17.5 Å². The van der Waals surface area contributed by atoms with Gasteiger partial charge in [0.25, 0.3) is 0 Å². The number of hydrogen-bond acceptors (Lipinski definition) is 3. The quantitative estimate of drug-likeness (QED) is 0.655. The molecule has 0 spiro atoms. The zero-order chi connectivity index (χ0) is 17.9. The first-order valence-corrected chi connectivity index (χ1v) is 10.2. The molecule has 0 amide bonds. The molecule has 8 atom stereocenters.